The van der Waals surface area contributed by atoms with E-state index in [-0.39, 0.29) is 5.91 Å². The van der Waals surface area contributed by atoms with E-state index in [1.54, 1.807) is 6.20 Å². The Morgan fingerprint density at radius 1 is 1.25 bits per heavy atom. The minimum atomic E-state index is -0.429. The number of aromatic amines is 1. The highest BCUT2D eigenvalue weighted by Gasteiger charge is 2.37. The molecule has 1 aliphatic heterocycles. The minimum absolute atomic E-state index is 0.140. The molecule has 5 heteroatoms. The van der Waals surface area contributed by atoms with Crippen LogP contribution in [0.25, 0.3) is 11.0 Å². The van der Waals surface area contributed by atoms with E-state index >= 15 is 0 Å². The molecule has 1 unspecified atom stereocenters. The van der Waals surface area contributed by atoms with Crippen LogP contribution >= 0.6 is 0 Å². The fourth-order valence-electron chi connectivity index (χ4n) is 3.31. The third-order valence-electron chi connectivity index (χ3n) is 4.57. The van der Waals surface area contributed by atoms with Crippen molar-refractivity contribution < 1.29 is 9.53 Å². The van der Waals surface area contributed by atoms with Crippen LogP contribution in [0.5, 0.6) is 0 Å². The Kier molecular flexibility index (Phi) is 3.78. The highest BCUT2D eigenvalue weighted by molar-refractivity contribution is 5.97. The molecule has 24 heavy (non-hydrogen) atoms. The number of fused-ring (bicyclic) bond motifs is 1. The summed E-state index contributed by atoms with van der Waals surface area (Å²) in [7, 11) is 0. The van der Waals surface area contributed by atoms with Crippen molar-refractivity contribution in [1.82, 2.24) is 15.3 Å². The van der Waals surface area contributed by atoms with Gasteiger partial charge in [0.25, 0.3) is 5.91 Å². The van der Waals surface area contributed by atoms with Crippen LogP contribution < -0.4 is 5.32 Å². The molecule has 3 heterocycles. The Hall–Kier alpha value is -2.66. The Balaban J connectivity index is 1.53. The van der Waals surface area contributed by atoms with Gasteiger partial charge in [0.15, 0.2) is 0 Å². The van der Waals surface area contributed by atoms with Gasteiger partial charge in [0, 0.05) is 18.2 Å². The lowest BCUT2D eigenvalue weighted by atomic mass is 9.90. The van der Waals surface area contributed by atoms with Gasteiger partial charge in [-0.2, -0.15) is 0 Å². The highest BCUT2D eigenvalue weighted by atomic mass is 16.5. The average molecular weight is 321 g/mol. The fourth-order valence-corrected chi connectivity index (χ4v) is 3.31. The van der Waals surface area contributed by atoms with Gasteiger partial charge in [0.2, 0.25) is 0 Å². The lowest BCUT2D eigenvalue weighted by Crippen LogP contribution is -2.40. The van der Waals surface area contributed by atoms with Gasteiger partial charge in [-0.1, -0.05) is 30.3 Å². The van der Waals surface area contributed by atoms with E-state index in [9.17, 15) is 4.79 Å². The molecule has 1 aliphatic rings. The van der Waals surface area contributed by atoms with Crippen molar-refractivity contribution in [3.8, 4) is 0 Å². The fraction of sp³-hybridized carbons (Fsp3) is 0.263. The number of carbonyl (C=O) groups excluding carboxylic acids is 1. The van der Waals surface area contributed by atoms with Gasteiger partial charge in [0.1, 0.15) is 16.9 Å². The third kappa shape index (κ3) is 2.67. The number of ether oxygens (including phenoxy) is 1. The molecule has 1 amide bonds. The van der Waals surface area contributed by atoms with E-state index in [1.807, 2.05) is 36.4 Å². The van der Waals surface area contributed by atoms with Gasteiger partial charge in [0.05, 0.1) is 6.54 Å². The zero-order chi connectivity index (χ0) is 16.4. The van der Waals surface area contributed by atoms with Gasteiger partial charge in [-0.25, -0.2) is 4.98 Å². The molecule has 0 spiro atoms. The molecule has 0 radical (unpaired) electrons. The number of carbonyl (C=O) groups is 1. The molecule has 1 atom stereocenters. The number of hydrogen-bond acceptors (Lipinski definition) is 3. The first-order chi connectivity index (χ1) is 11.8. The van der Waals surface area contributed by atoms with Crippen LogP contribution in [0.1, 0.15) is 28.9 Å². The van der Waals surface area contributed by atoms with Crippen LogP contribution in [0.15, 0.2) is 54.7 Å². The molecule has 1 saturated heterocycles. The number of nitrogens with one attached hydrogen (secondary N) is 2. The summed E-state index contributed by atoms with van der Waals surface area (Å²) >= 11 is 0. The number of rotatable bonds is 4. The third-order valence-corrected chi connectivity index (χ3v) is 4.57. The highest BCUT2D eigenvalue weighted by Crippen LogP contribution is 2.35. The molecule has 1 fully saturated rings. The van der Waals surface area contributed by atoms with Crippen LogP contribution in [0, 0.1) is 0 Å². The van der Waals surface area contributed by atoms with Crippen molar-refractivity contribution in [2.45, 2.75) is 18.4 Å². The predicted octanol–water partition coefficient (Wildman–Crippen LogP) is 3.00. The minimum Gasteiger partial charge on any atom is -0.368 e. The summed E-state index contributed by atoms with van der Waals surface area (Å²) in [5.74, 6) is -0.140. The van der Waals surface area contributed by atoms with Crippen molar-refractivity contribution in [3.05, 3.63) is 66.0 Å². The van der Waals surface area contributed by atoms with Gasteiger partial charge in [-0.3, -0.25) is 4.79 Å². The molecule has 0 aliphatic carbocycles. The second-order valence-electron chi connectivity index (χ2n) is 6.12. The van der Waals surface area contributed by atoms with E-state index < -0.39 is 5.60 Å². The summed E-state index contributed by atoms with van der Waals surface area (Å²) in [6, 6.07) is 15.7. The monoisotopic (exact) mass is 321 g/mol. The Labute approximate surface area is 140 Å². The molecule has 0 bridgehead atoms. The number of pyridine rings is 1. The van der Waals surface area contributed by atoms with Crippen molar-refractivity contribution in [3.63, 3.8) is 0 Å². The molecule has 4 rings (SSSR count). The van der Waals surface area contributed by atoms with E-state index in [2.05, 4.69) is 27.4 Å². The summed E-state index contributed by atoms with van der Waals surface area (Å²) in [5.41, 5.74) is 1.92. The molecule has 2 N–H and O–H groups in total. The normalized spacial score (nSPS) is 20.3. The van der Waals surface area contributed by atoms with Gasteiger partial charge in [-0.15, -0.1) is 0 Å². The van der Waals surface area contributed by atoms with Gasteiger partial charge >= 0.3 is 0 Å². The van der Waals surface area contributed by atoms with Gasteiger partial charge < -0.3 is 15.0 Å². The summed E-state index contributed by atoms with van der Waals surface area (Å²) < 4.78 is 6.03. The molecule has 5 nitrogen and oxygen atoms in total. The topological polar surface area (TPSA) is 67.0 Å². The van der Waals surface area contributed by atoms with Crippen LogP contribution in [-0.4, -0.2) is 29.0 Å². The smallest absolute Gasteiger partial charge is 0.267 e. The maximum atomic E-state index is 12.5. The SMILES string of the molecule is O=C(NCC1(c2ccccc2)CCCO1)c1cc2cccnc2[nH]1. The quantitative estimate of drug-likeness (QED) is 0.776. The number of benzene rings is 1. The van der Waals surface area contributed by atoms with E-state index in [4.69, 9.17) is 4.74 Å². The molecule has 122 valence electrons. The first kappa shape index (κ1) is 14.9. The Morgan fingerprint density at radius 3 is 2.88 bits per heavy atom. The number of amides is 1. The van der Waals surface area contributed by atoms with Gasteiger partial charge in [-0.05, 0) is 36.6 Å². The zero-order valence-electron chi connectivity index (χ0n) is 13.3. The average Bonchev–Trinajstić information content (AvgIpc) is 3.28. The Morgan fingerprint density at radius 2 is 2.12 bits per heavy atom. The van der Waals surface area contributed by atoms with E-state index in [0.717, 1.165) is 36.0 Å². The van der Waals surface area contributed by atoms with Crippen LogP contribution in [0.2, 0.25) is 0 Å². The van der Waals surface area contributed by atoms with Crippen molar-refractivity contribution in [2.75, 3.05) is 13.2 Å². The summed E-state index contributed by atoms with van der Waals surface area (Å²) in [4.78, 5) is 19.8. The number of H-pyrrole nitrogens is 1. The van der Waals surface area contributed by atoms with E-state index in [1.165, 1.54) is 0 Å². The molecular weight excluding hydrogens is 302 g/mol. The van der Waals surface area contributed by atoms with E-state index in [0.29, 0.717) is 12.2 Å². The summed E-state index contributed by atoms with van der Waals surface area (Å²) in [6.45, 7) is 1.18. The number of hydrogen-bond donors (Lipinski definition) is 2. The predicted molar refractivity (Wildman–Crippen MR) is 91.7 cm³/mol. The lowest BCUT2D eigenvalue weighted by Gasteiger charge is -2.29. The summed E-state index contributed by atoms with van der Waals surface area (Å²) in [5, 5.41) is 3.95. The maximum Gasteiger partial charge on any atom is 0.267 e. The van der Waals surface area contributed by atoms with Crippen molar-refractivity contribution in [1.29, 1.82) is 0 Å². The Bertz CT molecular complexity index is 818. The summed E-state index contributed by atoms with van der Waals surface area (Å²) in [6.07, 6.45) is 3.61. The van der Waals surface area contributed by atoms with Crippen molar-refractivity contribution in [2.24, 2.45) is 0 Å². The number of nitrogens with zero attached hydrogens (tertiary/aromatic N) is 1. The molecule has 1 aromatic carbocycles. The zero-order valence-corrected chi connectivity index (χ0v) is 13.3. The largest absolute Gasteiger partial charge is 0.368 e. The molecule has 0 saturated carbocycles. The second-order valence-corrected chi connectivity index (χ2v) is 6.12. The first-order valence-corrected chi connectivity index (χ1v) is 8.18. The number of aromatic nitrogens is 2. The standard InChI is InChI=1S/C19H19N3O2/c23-18(16-12-14-6-4-10-20-17(14)22-16)21-13-19(9-5-11-24-19)15-7-2-1-3-8-15/h1-4,6-8,10,12H,5,9,11,13H2,(H,20,22)(H,21,23). The molecular formula is C19H19N3O2. The maximum absolute atomic E-state index is 12.5. The van der Waals surface area contributed by atoms with Crippen LogP contribution in [0.4, 0.5) is 0 Å². The molecule has 3 aromatic rings. The van der Waals surface area contributed by atoms with Crippen LogP contribution in [0.3, 0.4) is 0 Å². The second kappa shape index (κ2) is 6.09. The van der Waals surface area contributed by atoms with Crippen molar-refractivity contribution >= 4 is 16.9 Å². The molecule has 2 aromatic heterocycles. The van der Waals surface area contributed by atoms with Crippen LogP contribution in [-0.2, 0) is 10.3 Å². The lowest BCUT2D eigenvalue weighted by molar-refractivity contribution is 0.00132. The first-order valence-electron chi connectivity index (χ1n) is 8.18.